The first-order valence-electron chi connectivity index (χ1n) is 7.97. The van der Waals surface area contributed by atoms with Crippen molar-refractivity contribution in [2.45, 2.75) is 32.8 Å². The fourth-order valence-corrected chi connectivity index (χ4v) is 2.49. The van der Waals surface area contributed by atoms with Crippen LogP contribution in [0.25, 0.3) is 0 Å². The molecule has 1 atom stereocenters. The van der Waals surface area contributed by atoms with Gasteiger partial charge in [-0.15, -0.1) is 0 Å². The smallest absolute Gasteiger partial charge is 0.191 e. The minimum Gasteiger partial charge on any atom is -0.491 e. The Morgan fingerprint density at radius 2 is 2.18 bits per heavy atom. The van der Waals surface area contributed by atoms with Gasteiger partial charge in [0.1, 0.15) is 18.5 Å². The number of nitrogens with two attached hydrogens (primary N) is 1. The third-order valence-corrected chi connectivity index (χ3v) is 4.00. The molecule has 0 saturated carbocycles. The van der Waals surface area contributed by atoms with Crippen molar-refractivity contribution < 1.29 is 9.84 Å². The van der Waals surface area contributed by atoms with Gasteiger partial charge in [0, 0.05) is 13.1 Å². The second-order valence-electron chi connectivity index (χ2n) is 6.15. The van der Waals surface area contributed by atoms with Gasteiger partial charge in [0.25, 0.3) is 0 Å². The van der Waals surface area contributed by atoms with Crippen molar-refractivity contribution in [1.82, 2.24) is 4.90 Å². The lowest BCUT2D eigenvalue weighted by molar-refractivity contribution is 0.114. The van der Waals surface area contributed by atoms with E-state index in [4.69, 9.17) is 10.5 Å². The zero-order valence-electron chi connectivity index (χ0n) is 13.5. The molecule has 1 aliphatic heterocycles. The van der Waals surface area contributed by atoms with Crippen LogP contribution in [0, 0.1) is 12.8 Å². The molecule has 2 rings (SSSR count). The summed E-state index contributed by atoms with van der Waals surface area (Å²) >= 11 is 0. The molecule has 5 heteroatoms. The molecule has 1 fully saturated rings. The highest BCUT2D eigenvalue weighted by Crippen LogP contribution is 2.15. The molecule has 1 saturated heterocycles. The first kappa shape index (κ1) is 16.6. The number of aliphatic hydroxyl groups excluding tert-OH is 1. The Labute approximate surface area is 132 Å². The summed E-state index contributed by atoms with van der Waals surface area (Å²) in [4.78, 5) is 6.38. The van der Waals surface area contributed by atoms with Crippen LogP contribution in [0.2, 0.25) is 0 Å². The van der Waals surface area contributed by atoms with Crippen molar-refractivity contribution in [3.8, 4) is 5.75 Å². The van der Waals surface area contributed by atoms with E-state index in [-0.39, 0.29) is 13.2 Å². The Hall–Kier alpha value is -1.75. The second-order valence-corrected chi connectivity index (χ2v) is 6.15. The standard InChI is InChI=1S/C17H27N3O2/c1-13-6-8-20(9-7-13)17(18)19-11-15(21)12-22-16-5-3-4-14(2)10-16/h3-5,10,13,15,21H,6-9,11-12H2,1-2H3,(H2,18,19). The molecule has 122 valence electrons. The lowest BCUT2D eigenvalue weighted by Crippen LogP contribution is -2.43. The number of piperidine rings is 1. The summed E-state index contributed by atoms with van der Waals surface area (Å²) in [6.07, 6.45) is 1.65. The Balaban J connectivity index is 1.74. The molecule has 5 nitrogen and oxygen atoms in total. The van der Waals surface area contributed by atoms with E-state index in [1.165, 1.54) is 0 Å². The van der Waals surface area contributed by atoms with Crippen LogP contribution in [0.4, 0.5) is 0 Å². The summed E-state index contributed by atoms with van der Waals surface area (Å²) in [6, 6.07) is 7.77. The van der Waals surface area contributed by atoms with Gasteiger partial charge in [0.2, 0.25) is 0 Å². The van der Waals surface area contributed by atoms with Crippen molar-refractivity contribution in [3.63, 3.8) is 0 Å². The first-order valence-corrected chi connectivity index (χ1v) is 7.97. The molecule has 1 aromatic rings. The topological polar surface area (TPSA) is 71.1 Å². The van der Waals surface area contributed by atoms with E-state index in [0.29, 0.717) is 5.96 Å². The van der Waals surface area contributed by atoms with Crippen LogP contribution >= 0.6 is 0 Å². The Morgan fingerprint density at radius 1 is 1.45 bits per heavy atom. The van der Waals surface area contributed by atoms with Crippen LogP contribution in [0.3, 0.4) is 0 Å². The minimum absolute atomic E-state index is 0.220. The molecule has 0 aromatic heterocycles. The number of aliphatic hydroxyl groups is 1. The molecule has 0 amide bonds. The molecule has 0 bridgehead atoms. The maximum atomic E-state index is 9.96. The lowest BCUT2D eigenvalue weighted by Gasteiger charge is -2.31. The van der Waals surface area contributed by atoms with E-state index in [1.807, 2.05) is 31.2 Å². The van der Waals surface area contributed by atoms with Gasteiger partial charge in [0.05, 0.1) is 6.54 Å². The third kappa shape index (κ3) is 5.22. The normalized spacial score (nSPS) is 18.3. The molecule has 1 unspecified atom stereocenters. The van der Waals surface area contributed by atoms with E-state index in [9.17, 15) is 5.11 Å². The zero-order valence-corrected chi connectivity index (χ0v) is 13.5. The predicted molar refractivity (Wildman–Crippen MR) is 89.1 cm³/mol. The van der Waals surface area contributed by atoms with Crippen LogP contribution in [-0.4, -0.2) is 48.3 Å². The van der Waals surface area contributed by atoms with Gasteiger partial charge in [-0.1, -0.05) is 19.1 Å². The van der Waals surface area contributed by atoms with Gasteiger partial charge in [0.15, 0.2) is 5.96 Å². The minimum atomic E-state index is -0.650. The van der Waals surface area contributed by atoms with Gasteiger partial charge in [-0.25, -0.2) is 0 Å². The van der Waals surface area contributed by atoms with Crippen LogP contribution < -0.4 is 10.5 Å². The largest absolute Gasteiger partial charge is 0.491 e. The van der Waals surface area contributed by atoms with E-state index < -0.39 is 6.10 Å². The molecular weight excluding hydrogens is 278 g/mol. The number of nitrogens with zero attached hydrogens (tertiary/aromatic N) is 2. The molecule has 1 heterocycles. The number of hydrogen-bond donors (Lipinski definition) is 2. The fraction of sp³-hybridized carbons (Fsp3) is 0.588. The molecule has 3 N–H and O–H groups in total. The highest BCUT2D eigenvalue weighted by molar-refractivity contribution is 5.78. The van der Waals surface area contributed by atoms with Gasteiger partial charge in [-0.05, 0) is 43.4 Å². The lowest BCUT2D eigenvalue weighted by atomic mass is 10.00. The molecule has 1 aliphatic rings. The fourth-order valence-electron chi connectivity index (χ4n) is 2.49. The van der Waals surface area contributed by atoms with Gasteiger partial charge in [-0.3, -0.25) is 4.99 Å². The number of likely N-dealkylation sites (tertiary alicyclic amines) is 1. The molecule has 1 aromatic carbocycles. The molecule has 22 heavy (non-hydrogen) atoms. The predicted octanol–water partition coefficient (Wildman–Crippen LogP) is 1.78. The third-order valence-electron chi connectivity index (χ3n) is 4.00. The number of rotatable bonds is 5. The Bertz CT molecular complexity index is 496. The summed E-state index contributed by atoms with van der Waals surface area (Å²) in [7, 11) is 0. The van der Waals surface area contributed by atoms with Crippen molar-refractivity contribution in [2.24, 2.45) is 16.6 Å². The van der Waals surface area contributed by atoms with Crippen LogP contribution in [0.1, 0.15) is 25.3 Å². The number of aliphatic imine (C=N–C) groups is 1. The summed E-state index contributed by atoms with van der Waals surface area (Å²) < 4.78 is 5.57. The maximum Gasteiger partial charge on any atom is 0.191 e. The summed E-state index contributed by atoms with van der Waals surface area (Å²) in [5.41, 5.74) is 7.13. The van der Waals surface area contributed by atoms with E-state index in [2.05, 4.69) is 16.8 Å². The molecule has 0 spiro atoms. The summed E-state index contributed by atoms with van der Waals surface area (Å²) in [5.74, 6) is 2.06. The number of aryl methyl sites for hydroxylation is 1. The number of benzene rings is 1. The number of ether oxygens (including phenoxy) is 1. The maximum absolute atomic E-state index is 9.96. The van der Waals surface area contributed by atoms with Gasteiger partial charge in [-0.2, -0.15) is 0 Å². The summed E-state index contributed by atoms with van der Waals surface area (Å²) in [5, 5.41) is 9.96. The number of hydrogen-bond acceptors (Lipinski definition) is 3. The van der Waals surface area contributed by atoms with Crippen molar-refractivity contribution in [1.29, 1.82) is 0 Å². The van der Waals surface area contributed by atoms with Gasteiger partial charge >= 0.3 is 0 Å². The van der Waals surface area contributed by atoms with E-state index >= 15 is 0 Å². The molecular formula is C17H27N3O2. The van der Waals surface area contributed by atoms with Crippen LogP contribution in [0.15, 0.2) is 29.3 Å². The van der Waals surface area contributed by atoms with Crippen molar-refractivity contribution in [2.75, 3.05) is 26.2 Å². The Morgan fingerprint density at radius 3 is 2.86 bits per heavy atom. The Kier molecular flexibility index (Phi) is 6.07. The van der Waals surface area contributed by atoms with Crippen LogP contribution in [-0.2, 0) is 0 Å². The van der Waals surface area contributed by atoms with Crippen molar-refractivity contribution in [3.05, 3.63) is 29.8 Å². The van der Waals surface area contributed by atoms with E-state index in [1.54, 1.807) is 0 Å². The first-order chi connectivity index (χ1) is 10.5. The average molecular weight is 305 g/mol. The van der Waals surface area contributed by atoms with E-state index in [0.717, 1.165) is 43.2 Å². The van der Waals surface area contributed by atoms with Crippen LogP contribution in [0.5, 0.6) is 5.75 Å². The summed E-state index contributed by atoms with van der Waals surface area (Å²) in [6.45, 7) is 6.66. The zero-order chi connectivity index (χ0) is 15.9. The van der Waals surface area contributed by atoms with Crippen molar-refractivity contribution >= 4 is 5.96 Å². The average Bonchev–Trinajstić information content (AvgIpc) is 2.51. The SMILES string of the molecule is Cc1cccc(OCC(O)CN=C(N)N2CCC(C)CC2)c1. The monoisotopic (exact) mass is 305 g/mol. The van der Waals surface area contributed by atoms with Gasteiger partial charge < -0.3 is 20.5 Å². The highest BCUT2D eigenvalue weighted by Gasteiger charge is 2.17. The molecule has 0 radical (unpaired) electrons. The molecule has 0 aliphatic carbocycles. The second kappa shape index (κ2) is 8.03. The quantitative estimate of drug-likeness (QED) is 0.642. The highest BCUT2D eigenvalue weighted by atomic mass is 16.5. The number of guanidine groups is 1.